The second-order valence-electron chi connectivity index (χ2n) is 5.30. The third-order valence-electron chi connectivity index (χ3n) is 3.35. The molecule has 0 aromatic heterocycles. The van der Waals surface area contributed by atoms with Crippen LogP contribution in [0.2, 0.25) is 0 Å². The Morgan fingerprint density at radius 3 is 2.25 bits per heavy atom. The maximum absolute atomic E-state index is 12.0. The van der Waals surface area contributed by atoms with Crippen LogP contribution >= 0.6 is 0 Å². The number of carbonyl (C=O) groups is 1. The van der Waals surface area contributed by atoms with E-state index in [-0.39, 0.29) is 18.0 Å². The van der Waals surface area contributed by atoms with Gasteiger partial charge in [0.2, 0.25) is 5.91 Å². The number of nitrogens with zero attached hydrogens (tertiary/aromatic N) is 1. The highest BCUT2D eigenvalue weighted by molar-refractivity contribution is 5.81. The Morgan fingerprint density at radius 1 is 1.31 bits per heavy atom. The molecule has 2 unspecified atom stereocenters. The summed E-state index contributed by atoms with van der Waals surface area (Å²) < 4.78 is 0. The van der Waals surface area contributed by atoms with E-state index >= 15 is 0 Å². The van der Waals surface area contributed by atoms with Gasteiger partial charge in [-0.25, -0.2) is 0 Å². The Morgan fingerprint density at radius 2 is 1.81 bits per heavy atom. The lowest BCUT2D eigenvalue weighted by molar-refractivity contribution is -0.132. The van der Waals surface area contributed by atoms with Crippen LogP contribution in [0.25, 0.3) is 0 Å². The molecule has 0 aliphatic carbocycles. The zero-order valence-electron chi connectivity index (χ0n) is 10.8. The van der Waals surface area contributed by atoms with Crippen molar-refractivity contribution >= 4 is 5.91 Å². The number of nitrogens with one attached hydrogen (secondary N) is 1. The first-order chi connectivity index (χ1) is 7.32. The van der Waals surface area contributed by atoms with Crippen molar-refractivity contribution in [2.75, 3.05) is 13.1 Å². The van der Waals surface area contributed by atoms with E-state index in [9.17, 15) is 9.90 Å². The number of carbonyl (C=O) groups excluding carboxylic acids is 1. The molecule has 1 rings (SSSR count). The van der Waals surface area contributed by atoms with E-state index in [2.05, 4.69) is 5.32 Å². The van der Waals surface area contributed by atoms with Crippen LogP contribution in [0.4, 0.5) is 0 Å². The first-order valence-electron chi connectivity index (χ1n) is 6.09. The maximum Gasteiger partial charge on any atom is 0.239 e. The SMILES string of the molecule is CC(NC(C)C(C)(C)O)C(=O)N1CCCC1. The molecule has 2 atom stereocenters. The molecular weight excluding hydrogens is 204 g/mol. The topological polar surface area (TPSA) is 52.6 Å². The summed E-state index contributed by atoms with van der Waals surface area (Å²) in [4.78, 5) is 13.9. The van der Waals surface area contributed by atoms with Gasteiger partial charge in [-0.3, -0.25) is 4.79 Å². The molecule has 0 aromatic carbocycles. The van der Waals surface area contributed by atoms with Crippen LogP contribution in [0, 0.1) is 0 Å². The van der Waals surface area contributed by atoms with Crippen LogP contribution in [0.3, 0.4) is 0 Å². The predicted molar refractivity (Wildman–Crippen MR) is 64.2 cm³/mol. The normalized spacial score (nSPS) is 20.9. The van der Waals surface area contributed by atoms with Crippen LogP contribution in [-0.4, -0.2) is 46.7 Å². The fraction of sp³-hybridized carbons (Fsp3) is 0.917. The second-order valence-corrected chi connectivity index (χ2v) is 5.30. The highest BCUT2D eigenvalue weighted by Crippen LogP contribution is 2.12. The van der Waals surface area contributed by atoms with E-state index in [4.69, 9.17) is 0 Å². The van der Waals surface area contributed by atoms with Crippen molar-refractivity contribution < 1.29 is 9.90 Å². The first kappa shape index (κ1) is 13.5. The summed E-state index contributed by atoms with van der Waals surface area (Å²) in [5.74, 6) is 0.147. The standard InChI is InChI=1S/C12H24N2O2/c1-9(13-10(2)12(3,4)16)11(15)14-7-5-6-8-14/h9-10,13,16H,5-8H2,1-4H3. The molecule has 1 aliphatic rings. The number of hydrogen-bond acceptors (Lipinski definition) is 3. The van der Waals surface area contributed by atoms with Gasteiger partial charge in [0.15, 0.2) is 0 Å². The third-order valence-corrected chi connectivity index (χ3v) is 3.35. The van der Waals surface area contributed by atoms with E-state index in [0.717, 1.165) is 25.9 Å². The van der Waals surface area contributed by atoms with Crippen molar-refractivity contribution in [3.63, 3.8) is 0 Å². The van der Waals surface area contributed by atoms with E-state index in [1.54, 1.807) is 13.8 Å². The molecule has 4 heteroatoms. The van der Waals surface area contributed by atoms with Gasteiger partial charge in [0.1, 0.15) is 0 Å². The van der Waals surface area contributed by atoms with E-state index in [1.165, 1.54) is 0 Å². The summed E-state index contributed by atoms with van der Waals surface area (Å²) in [6.07, 6.45) is 2.22. The predicted octanol–water partition coefficient (Wildman–Crippen LogP) is 0.746. The summed E-state index contributed by atoms with van der Waals surface area (Å²) in [6.45, 7) is 9.01. The van der Waals surface area contributed by atoms with Crippen molar-refractivity contribution in [2.24, 2.45) is 0 Å². The van der Waals surface area contributed by atoms with Crippen molar-refractivity contribution in [3.05, 3.63) is 0 Å². The van der Waals surface area contributed by atoms with Crippen molar-refractivity contribution in [1.82, 2.24) is 10.2 Å². The average Bonchev–Trinajstić information content (AvgIpc) is 2.67. The minimum Gasteiger partial charge on any atom is -0.389 e. The van der Waals surface area contributed by atoms with Gasteiger partial charge >= 0.3 is 0 Å². The van der Waals surface area contributed by atoms with Crippen LogP contribution in [0.15, 0.2) is 0 Å². The highest BCUT2D eigenvalue weighted by atomic mass is 16.3. The lowest BCUT2D eigenvalue weighted by Crippen LogP contribution is -2.53. The molecule has 0 saturated carbocycles. The van der Waals surface area contributed by atoms with Crippen LogP contribution in [0.1, 0.15) is 40.5 Å². The zero-order chi connectivity index (χ0) is 12.3. The third kappa shape index (κ3) is 3.46. The molecule has 94 valence electrons. The molecule has 1 aliphatic heterocycles. The first-order valence-corrected chi connectivity index (χ1v) is 6.09. The Balaban J connectivity index is 2.45. The molecule has 16 heavy (non-hydrogen) atoms. The van der Waals surface area contributed by atoms with Crippen LogP contribution < -0.4 is 5.32 Å². The molecule has 1 amide bonds. The van der Waals surface area contributed by atoms with Gasteiger partial charge in [0, 0.05) is 19.1 Å². The van der Waals surface area contributed by atoms with E-state index in [1.807, 2.05) is 18.7 Å². The number of rotatable bonds is 4. The fourth-order valence-corrected chi connectivity index (χ4v) is 1.86. The molecule has 1 fully saturated rings. The molecular formula is C12H24N2O2. The minimum atomic E-state index is -0.806. The minimum absolute atomic E-state index is 0.103. The smallest absolute Gasteiger partial charge is 0.239 e. The van der Waals surface area contributed by atoms with Gasteiger partial charge < -0.3 is 15.3 Å². The van der Waals surface area contributed by atoms with Gasteiger partial charge in [0.05, 0.1) is 11.6 Å². The fourth-order valence-electron chi connectivity index (χ4n) is 1.86. The molecule has 0 spiro atoms. The zero-order valence-corrected chi connectivity index (χ0v) is 10.8. The molecule has 1 saturated heterocycles. The monoisotopic (exact) mass is 228 g/mol. The van der Waals surface area contributed by atoms with Crippen molar-refractivity contribution in [1.29, 1.82) is 0 Å². The van der Waals surface area contributed by atoms with Gasteiger partial charge in [-0.15, -0.1) is 0 Å². The molecule has 4 nitrogen and oxygen atoms in total. The Hall–Kier alpha value is -0.610. The van der Waals surface area contributed by atoms with E-state index in [0.29, 0.717) is 0 Å². The summed E-state index contributed by atoms with van der Waals surface area (Å²) in [5.41, 5.74) is -0.806. The molecule has 2 N–H and O–H groups in total. The maximum atomic E-state index is 12.0. The van der Waals surface area contributed by atoms with Crippen LogP contribution in [-0.2, 0) is 4.79 Å². The van der Waals surface area contributed by atoms with Crippen molar-refractivity contribution in [2.45, 2.75) is 58.2 Å². The molecule has 1 heterocycles. The Kier molecular flexibility index (Phi) is 4.33. The lowest BCUT2D eigenvalue weighted by Gasteiger charge is -2.30. The Labute approximate surface area is 98.0 Å². The number of likely N-dealkylation sites (tertiary alicyclic amines) is 1. The lowest BCUT2D eigenvalue weighted by atomic mass is 10.00. The largest absolute Gasteiger partial charge is 0.389 e. The Bertz CT molecular complexity index is 242. The van der Waals surface area contributed by atoms with Gasteiger partial charge in [-0.2, -0.15) is 0 Å². The van der Waals surface area contributed by atoms with Gasteiger partial charge in [-0.1, -0.05) is 0 Å². The molecule has 0 bridgehead atoms. The molecule has 0 aromatic rings. The number of hydrogen-bond donors (Lipinski definition) is 2. The van der Waals surface area contributed by atoms with E-state index < -0.39 is 5.60 Å². The second kappa shape index (κ2) is 5.15. The number of aliphatic hydroxyl groups is 1. The van der Waals surface area contributed by atoms with Crippen molar-refractivity contribution in [3.8, 4) is 0 Å². The van der Waals surface area contributed by atoms with Crippen LogP contribution in [0.5, 0.6) is 0 Å². The summed E-state index contributed by atoms with van der Waals surface area (Å²) in [7, 11) is 0. The molecule has 0 radical (unpaired) electrons. The van der Waals surface area contributed by atoms with Gasteiger partial charge in [-0.05, 0) is 40.5 Å². The average molecular weight is 228 g/mol. The summed E-state index contributed by atoms with van der Waals surface area (Å²) in [6, 6.07) is -0.325. The number of amides is 1. The quantitative estimate of drug-likeness (QED) is 0.746. The summed E-state index contributed by atoms with van der Waals surface area (Å²) in [5, 5.41) is 12.9. The summed E-state index contributed by atoms with van der Waals surface area (Å²) >= 11 is 0. The van der Waals surface area contributed by atoms with Gasteiger partial charge in [0.25, 0.3) is 0 Å². The highest BCUT2D eigenvalue weighted by Gasteiger charge is 2.28.